The first-order chi connectivity index (χ1) is 16.1. The molecule has 5 rings (SSSR count). The van der Waals surface area contributed by atoms with Gasteiger partial charge >= 0.3 is 0 Å². The number of aliphatic imine (C=N–C) groups is 1. The van der Waals surface area contributed by atoms with Gasteiger partial charge in [-0.25, -0.2) is 8.78 Å². The minimum atomic E-state index is -0.394. The molecule has 3 aromatic rings. The molecule has 0 N–H and O–H groups in total. The van der Waals surface area contributed by atoms with Gasteiger partial charge < -0.3 is 9.47 Å². The Morgan fingerprint density at radius 3 is 2.30 bits per heavy atom. The lowest BCUT2D eigenvalue weighted by Gasteiger charge is -2.18. The molecule has 0 radical (unpaired) electrons. The first kappa shape index (κ1) is 21.2. The lowest BCUT2D eigenvalue weighted by Crippen LogP contribution is -2.28. The van der Waals surface area contributed by atoms with Gasteiger partial charge in [-0.05, 0) is 77.5 Å². The number of rotatable bonds is 4. The Hall–Kier alpha value is -3.65. The number of halogens is 2. The molecule has 2 aliphatic heterocycles. The molecule has 33 heavy (non-hydrogen) atoms. The molecule has 0 unspecified atom stereocenters. The van der Waals surface area contributed by atoms with Gasteiger partial charge in [-0.15, -0.1) is 0 Å². The van der Waals surface area contributed by atoms with Crippen LogP contribution in [0, 0.1) is 11.6 Å². The Bertz CT molecular complexity index is 1260. The van der Waals surface area contributed by atoms with E-state index in [1.807, 2.05) is 18.2 Å². The Labute approximate surface area is 193 Å². The predicted octanol–water partition coefficient (Wildman–Crippen LogP) is 5.41. The van der Waals surface area contributed by atoms with Gasteiger partial charge in [-0.3, -0.25) is 14.7 Å². The zero-order chi connectivity index (χ0) is 22.8. The molecular formula is C25H18F2N2O3S. The first-order valence-corrected chi connectivity index (χ1v) is 11.1. The average Bonchev–Trinajstić information content (AvgIpc) is 3.14. The van der Waals surface area contributed by atoms with Crippen LogP contribution in [0.25, 0.3) is 6.08 Å². The fourth-order valence-corrected chi connectivity index (χ4v) is 4.43. The summed E-state index contributed by atoms with van der Waals surface area (Å²) in [5.74, 6) is 0.318. The number of amides is 1. The monoisotopic (exact) mass is 464 g/mol. The van der Waals surface area contributed by atoms with E-state index in [0.29, 0.717) is 40.5 Å². The maximum atomic E-state index is 13.5. The van der Waals surface area contributed by atoms with Gasteiger partial charge in [0.15, 0.2) is 16.7 Å². The van der Waals surface area contributed by atoms with Crippen molar-refractivity contribution >= 4 is 34.6 Å². The second-order valence-corrected chi connectivity index (χ2v) is 8.37. The maximum absolute atomic E-state index is 13.5. The molecule has 0 bridgehead atoms. The molecular weight excluding hydrogens is 446 g/mol. The van der Waals surface area contributed by atoms with E-state index in [9.17, 15) is 13.6 Å². The summed E-state index contributed by atoms with van der Waals surface area (Å²) >= 11 is 1.23. The molecule has 0 saturated carbocycles. The number of benzene rings is 3. The molecule has 0 spiro atoms. The quantitative estimate of drug-likeness (QED) is 0.485. The summed E-state index contributed by atoms with van der Waals surface area (Å²) in [6.07, 6.45) is 1.77. The van der Waals surface area contributed by atoms with Crippen LogP contribution in [-0.2, 0) is 11.3 Å². The number of hydrogen-bond acceptors (Lipinski definition) is 5. The normalized spacial score (nSPS) is 17.8. The summed E-state index contributed by atoms with van der Waals surface area (Å²) in [5, 5.41) is 0.458. The van der Waals surface area contributed by atoms with Gasteiger partial charge in [0.1, 0.15) is 24.8 Å². The van der Waals surface area contributed by atoms with Crippen molar-refractivity contribution in [2.24, 2.45) is 4.99 Å². The van der Waals surface area contributed by atoms with E-state index in [0.717, 1.165) is 11.1 Å². The third kappa shape index (κ3) is 4.61. The van der Waals surface area contributed by atoms with Crippen molar-refractivity contribution in [3.8, 4) is 11.5 Å². The summed E-state index contributed by atoms with van der Waals surface area (Å²) in [7, 11) is 0. The molecule has 3 aromatic carbocycles. The van der Waals surface area contributed by atoms with Gasteiger partial charge in [0.05, 0.1) is 17.1 Å². The molecule has 2 heterocycles. The molecule has 0 aromatic heterocycles. The number of thioether (sulfide) groups is 1. The number of carbonyl (C=O) groups excluding carboxylic acids is 1. The van der Waals surface area contributed by atoms with Crippen LogP contribution in [0.5, 0.6) is 11.5 Å². The largest absolute Gasteiger partial charge is 0.486 e. The van der Waals surface area contributed by atoms with E-state index in [1.54, 1.807) is 18.2 Å². The molecule has 5 nitrogen and oxygen atoms in total. The molecule has 1 saturated heterocycles. The number of anilines is 1. The van der Waals surface area contributed by atoms with Crippen LogP contribution in [0.4, 0.5) is 14.5 Å². The zero-order valence-electron chi connectivity index (χ0n) is 17.3. The van der Waals surface area contributed by atoms with Gasteiger partial charge in [0, 0.05) is 0 Å². The van der Waals surface area contributed by atoms with Gasteiger partial charge in [0.25, 0.3) is 5.91 Å². The van der Waals surface area contributed by atoms with E-state index < -0.39 is 5.82 Å². The van der Waals surface area contributed by atoms with Crippen molar-refractivity contribution in [3.05, 3.63) is 94.4 Å². The second kappa shape index (κ2) is 9.07. The number of hydrogen-bond donors (Lipinski definition) is 0. The van der Waals surface area contributed by atoms with Crippen molar-refractivity contribution < 1.29 is 23.0 Å². The molecule has 0 aliphatic carbocycles. The Morgan fingerprint density at radius 1 is 0.909 bits per heavy atom. The van der Waals surface area contributed by atoms with Crippen LogP contribution in [0.3, 0.4) is 0 Å². The van der Waals surface area contributed by atoms with Gasteiger partial charge in [-0.1, -0.05) is 18.2 Å². The molecule has 1 fully saturated rings. The summed E-state index contributed by atoms with van der Waals surface area (Å²) in [4.78, 5) is 19.8. The van der Waals surface area contributed by atoms with Crippen molar-refractivity contribution in [1.29, 1.82) is 0 Å². The SMILES string of the molecule is O=C1/C(=C/c2ccc3c(c2)OCCO3)SC(=NCc2ccc(F)cc2)N1c1ccc(F)cc1. The lowest BCUT2D eigenvalue weighted by molar-refractivity contribution is -0.113. The van der Waals surface area contributed by atoms with Crippen LogP contribution in [0.15, 0.2) is 76.6 Å². The Balaban J connectivity index is 1.48. The molecule has 1 amide bonds. The number of ether oxygens (including phenoxy) is 2. The van der Waals surface area contributed by atoms with E-state index in [1.165, 1.54) is 53.1 Å². The maximum Gasteiger partial charge on any atom is 0.271 e. The Morgan fingerprint density at radius 2 is 1.58 bits per heavy atom. The molecule has 166 valence electrons. The highest BCUT2D eigenvalue weighted by atomic mass is 32.2. The van der Waals surface area contributed by atoms with Gasteiger partial charge in [-0.2, -0.15) is 0 Å². The first-order valence-electron chi connectivity index (χ1n) is 10.2. The van der Waals surface area contributed by atoms with Crippen LogP contribution >= 0.6 is 11.8 Å². The lowest BCUT2D eigenvalue weighted by atomic mass is 10.1. The molecule has 8 heteroatoms. The third-order valence-electron chi connectivity index (χ3n) is 5.07. The van der Waals surface area contributed by atoms with Gasteiger partial charge in [0.2, 0.25) is 0 Å². The predicted molar refractivity (Wildman–Crippen MR) is 124 cm³/mol. The van der Waals surface area contributed by atoms with Crippen LogP contribution in [0.1, 0.15) is 11.1 Å². The van der Waals surface area contributed by atoms with Crippen LogP contribution < -0.4 is 14.4 Å². The summed E-state index contributed by atoms with van der Waals surface area (Å²) in [6, 6.07) is 17.2. The van der Waals surface area contributed by atoms with Crippen molar-refractivity contribution in [3.63, 3.8) is 0 Å². The third-order valence-corrected chi connectivity index (χ3v) is 6.07. The summed E-state index contributed by atoms with van der Waals surface area (Å²) < 4.78 is 37.9. The highest BCUT2D eigenvalue weighted by Crippen LogP contribution is 2.38. The fourth-order valence-electron chi connectivity index (χ4n) is 3.45. The minimum Gasteiger partial charge on any atom is -0.486 e. The second-order valence-electron chi connectivity index (χ2n) is 7.36. The number of nitrogens with zero attached hydrogens (tertiary/aromatic N) is 2. The van der Waals surface area contributed by atoms with Crippen LogP contribution in [-0.4, -0.2) is 24.3 Å². The average molecular weight is 464 g/mol. The highest BCUT2D eigenvalue weighted by molar-refractivity contribution is 8.19. The van der Waals surface area contributed by atoms with Crippen molar-refractivity contribution in [1.82, 2.24) is 0 Å². The van der Waals surface area contributed by atoms with E-state index in [-0.39, 0.29) is 18.3 Å². The summed E-state index contributed by atoms with van der Waals surface area (Å²) in [5.41, 5.74) is 2.10. The van der Waals surface area contributed by atoms with Crippen molar-refractivity contribution in [2.45, 2.75) is 6.54 Å². The standard InChI is InChI=1S/C25H18F2N2O3S/c26-18-4-1-16(2-5-18)15-28-25-29(20-8-6-19(27)7-9-20)24(30)23(33-25)14-17-3-10-21-22(13-17)32-12-11-31-21/h1-10,13-14H,11-12,15H2/b23-14-,28-25?. The van der Waals surface area contributed by atoms with Crippen LogP contribution in [0.2, 0.25) is 0 Å². The fraction of sp³-hybridized carbons (Fsp3) is 0.120. The van der Waals surface area contributed by atoms with E-state index in [2.05, 4.69) is 4.99 Å². The van der Waals surface area contributed by atoms with E-state index >= 15 is 0 Å². The molecule has 2 aliphatic rings. The van der Waals surface area contributed by atoms with E-state index in [4.69, 9.17) is 9.47 Å². The number of carbonyl (C=O) groups is 1. The highest BCUT2D eigenvalue weighted by Gasteiger charge is 2.34. The molecule has 0 atom stereocenters. The number of amidine groups is 1. The minimum absolute atomic E-state index is 0.264. The Kier molecular flexibility index (Phi) is 5.83. The summed E-state index contributed by atoms with van der Waals surface area (Å²) in [6.45, 7) is 1.24. The zero-order valence-corrected chi connectivity index (χ0v) is 18.1. The smallest absolute Gasteiger partial charge is 0.271 e. The number of fused-ring (bicyclic) bond motifs is 1. The van der Waals surface area contributed by atoms with Crippen molar-refractivity contribution in [2.75, 3.05) is 18.1 Å². The topological polar surface area (TPSA) is 51.1 Å².